The molecule has 108 valence electrons. The molecule has 0 saturated carbocycles. The lowest BCUT2D eigenvalue weighted by atomic mass is 9.98. The number of rotatable bonds is 7. The molecule has 2 atom stereocenters. The Morgan fingerprint density at radius 3 is 2.05 bits per heavy atom. The summed E-state index contributed by atoms with van der Waals surface area (Å²) in [5.74, 6) is 1.73. The first-order valence-electron chi connectivity index (χ1n) is 6.78. The van der Waals surface area contributed by atoms with Crippen LogP contribution < -0.4 is 9.47 Å². The Labute approximate surface area is 126 Å². The maximum Gasteiger partial charge on any atom is 0.162 e. The quantitative estimate of drug-likeness (QED) is 0.622. The summed E-state index contributed by atoms with van der Waals surface area (Å²) in [6.07, 6.45) is 1.00. The lowest BCUT2D eigenvalue weighted by Gasteiger charge is -2.20. The normalized spacial score (nSPS) is 14.0. The first-order chi connectivity index (χ1) is 9.04. The van der Waals surface area contributed by atoms with Gasteiger partial charge in [-0.15, -0.1) is 11.6 Å². The van der Waals surface area contributed by atoms with E-state index in [1.807, 2.05) is 19.9 Å². The summed E-state index contributed by atoms with van der Waals surface area (Å²) in [7, 11) is 0. The Morgan fingerprint density at radius 2 is 1.58 bits per heavy atom. The van der Waals surface area contributed by atoms with Crippen LogP contribution in [0.4, 0.5) is 0 Å². The van der Waals surface area contributed by atoms with Gasteiger partial charge in [0, 0.05) is 11.1 Å². The molecule has 4 heteroatoms. The van der Waals surface area contributed by atoms with E-state index < -0.39 is 0 Å². The van der Waals surface area contributed by atoms with E-state index in [0.29, 0.717) is 35.7 Å². The Balaban J connectivity index is 3.15. The van der Waals surface area contributed by atoms with Crippen molar-refractivity contribution in [2.45, 2.75) is 39.5 Å². The number of halogens is 2. The Hall–Kier alpha value is -0.600. The summed E-state index contributed by atoms with van der Waals surface area (Å²) in [6.45, 7) is 9.26. The van der Waals surface area contributed by atoms with Gasteiger partial charge in [-0.3, -0.25) is 0 Å². The number of benzene rings is 1. The third-order valence-electron chi connectivity index (χ3n) is 3.10. The summed E-state index contributed by atoms with van der Waals surface area (Å²) in [5, 5.41) is 0.514. The summed E-state index contributed by atoms with van der Waals surface area (Å²) in [4.78, 5) is 0. The summed E-state index contributed by atoms with van der Waals surface area (Å²) in [5.41, 5.74) is 0.907. The van der Waals surface area contributed by atoms with Crippen LogP contribution in [0.2, 0.25) is 5.02 Å². The van der Waals surface area contributed by atoms with Gasteiger partial charge in [0.25, 0.3) is 0 Å². The average Bonchev–Trinajstić information content (AvgIpc) is 2.40. The lowest BCUT2D eigenvalue weighted by molar-refractivity contribution is 0.287. The molecule has 0 spiro atoms. The molecule has 0 aliphatic carbocycles. The number of hydrogen-bond donors (Lipinski definition) is 0. The molecule has 0 aliphatic rings. The lowest BCUT2D eigenvalue weighted by Crippen LogP contribution is -2.05. The minimum absolute atomic E-state index is 0.118. The van der Waals surface area contributed by atoms with Crippen molar-refractivity contribution in [2.75, 3.05) is 13.2 Å². The Bertz CT molecular complexity index is 407. The van der Waals surface area contributed by atoms with E-state index in [-0.39, 0.29) is 5.38 Å². The van der Waals surface area contributed by atoms with Gasteiger partial charge in [0.2, 0.25) is 0 Å². The average molecular weight is 305 g/mol. The molecule has 2 nitrogen and oxygen atoms in total. The van der Waals surface area contributed by atoms with Gasteiger partial charge in [0.05, 0.1) is 18.6 Å². The molecule has 0 heterocycles. The maximum atomic E-state index is 6.48. The van der Waals surface area contributed by atoms with E-state index in [1.165, 1.54) is 0 Å². The molecule has 1 aromatic rings. The van der Waals surface area contributed by atoms with Crippen molar-refractivity contribution in [2.24, 2.45) is 5.92 Å². The second kappa shape index (κ2) is 7.86. The van der Waals surface area contributed by atoms with E-state index in [2.05, 4.69) is 13.8 Å². The first-order valence-corrected chi connectivity index (χ1v) is 7.59. The van der Waals surface area contributed by atoms with Crippen LogP contribution in [0.1, 0.15) is 45.1 Å². The predicted octanol–water partition coefficient (Wildman–Crippen LogP) is 5.46. The topological polar surface area (TPSA) is 18.5 Å². The third kappa shape index (κ3) is 4.19. The molecular formula is C15H22Cl2O2. The van der Waals surface area contributed by atoms with Crippen molar-refractivity contribution in [1.82, 2.24) is 0 Å². The van der Waals surface area contributed by atoms with E-state index in [9.17, 15) is 0 Å². The maximum absolute atomic E-state index is 6.48. The number of hydrogen-bond acceptors (Lipinski definition) is 2. The fourth-order valence-corrected chi connectivity index (χ4v) is 2.50. The molecule has 1 rings (SSSR count). The fourth-order valence-electron chi connectivity index (χ4n) is 1.81. The largest absolute Gasteiger partial charge is 0.490 e. The minimum Gasteiger partial charge on any atom is -0.490 e. The monoisotopic (exact) mass is 304 g/mol. The molecule has 0 aliphatic heterocycles. The molecular weight excluding hydrogens is 283 g/mol. The molecule has 0 N–H and O–H groups in total. The zero-order valence-corrected chi connectivity index (χ0v) is 13.5. The van der Waals surface area contributed by atoms with Crippen molar-refractivity contribution in [3.05, 3.63) is 22.7 Å². The van der Waals surface area contributed by atoms with Gasteiger partial charge in [-0.2, -0.15) is 0 Å². The SMILES string of the molecule is CCOc1cc(Cl)c(C(Cl)C(C)CC)cc1OCC. The van der Waals surface area contributed by atoms with Crippen molar-refractivity contribution in [3.8, 4) is 11.5 Å². The van der Waals surface area contributed by atoms with Crippen LogP contribution in [-0.4, -0.2) is 13.2 Å². The van der Waals surface area contributed by atoms with E-state index in [1.54, 1.807) is 6.07 Å². The van der Waals surface area contributed by atoms with Gasteiger partial charge >= 0.3 is 0 Å². The molecule has 0 amide bonds. The highest BCUT2D eigenvalue weighted by Gasteiger charge is 2.21. The summed E-state index contributed by atoms with van der Waals surface area (Å²) in [6, 6.07) is 3.70. The summed E-state index contributed by atoms with van der Waals surface area (Å²) < 4.78 is 11.1. The van der Waals surface area contributed by atoms with Crippen LogP contribution in [0, 0.1) is 5.92 Å². The van der Waals surface area contributed by atoms with Gasteiger partial charge < -0.3 is 9.47 Å². The molecule has 19 heavy (non-hydrogen) atoms. The van der Waals surface area contributed by atoms with Crippen LogP contribution in [0.3, 0.4) is 0 Å². The number of alkyl halides is 1. The van der Waals surface area contributed by atoms with Gasteiger partial charge in [0.1, 0.15) is 0 Å². The molecule has 1 aromatic carbocycles. The minimum atomic E-state index is -0.118. The molecule has 2 unspecified atom stereocenters. The zero-order chi connectivity index (χ0) is 14.4. The molecule has 0 aromatic heterocycles. The highest BCUT2D eigenvalue weighted by Crippen LogP contribution is 2.41. The molecule has 0 radical (unpaired) electrons. The van der Waals surface area contributed by atoms with Crippen molar-refractivity contribution in [3.63, 3.8) is 0 Å². The van der Waals surface area contributed by atoms with Gasteiger partial charge in [-0.1, -0.05) is 31.9 Å². The van der Waals surface area contributed by atoms with Crippen LogP contribution >= 0.6 is 23.2 Å². The third-order valence-corrected chi connectivity index (χ3v) is 4.10. The molecule has 0 bridgehead atoms. The zero-order valence-electron chi connectivity index (χ0n) is 12.0. The second-order valence-corrected chi connectivity index (χ2v) is 5.35. The highest BCUT2D eigenvalue weighted by molar-refractivity contribution is 6.33. The predicted molar refractivity (Wildman–Crippen MR) is 81.8 cm³/mol. The molecule has 0 saturated heterocycles. The van der Waals surface area contributed by atoms with Crippen LogP contribution in [0.5, 0.6) is 11.5 Å². The second-order valence-electron chi connectivity index (χ2n) is 4.47. The van der Waals surface area contributed by atoms with Crippen LogP contribution in [0.25, 0.3) is 0 Å². The van der Waals surface area contributed by atoms with Crippen molar-refractivity contribution in [1.29, 1.82) is 0 Å². The first kappa shape index (κ1) is 16.5. The Morgan fingerprint density at radius 1 is 1.05 bits per heavy atom. The highest BCUT2D eigenvalue weighted by atomic mass is 35.5. The van der Waals surface area contributed by atoms with Gasteiger partial charge in [0.15, 0.2) is 11.5 Å². The van der Waals surface area contributed by atoms with Crippen LogP contribution in [0.15, 0.2) is 12.1 Å². The fraction of sp³-hybridized carbons (Fsp3) is 0.600. The van der Waals surface area contributed by atoms with E-state index in [4.69, 9.17) is 32.7 Å². The van der Waals surface area contributed by atoms with Crippen LogP contribution in [-0.2, 0) is 0 Å². The van der Waals surface area contributed by atoms with Crippen molar-refractivity contribution >= 4 is 23.2 Å². The molecule has 0 fully saturated rings. The summed E-state index contributed by atoms with van der Waals surface area (Å²) >= 11 is 12.8. The number of ether oxygens (including phenoxy) is 2. The Kier molecular flexibility index (Phi) is 6.81. The van der Waals surface area contributed by atoms with E-state index >= 15 is 0 Å². The van der Waals surface area contributed by atoms with E-state index in [0.717, 1.165) is 12.0 Å². The van der Waals surface area contributed by atoms with Gasteiger partial charge in [-0.25, -0.2) is 0 Å². The standard InChI is InChI=1S/C15H22Cl2O2/c1-5-10(4)15(17)11-8-13(18-6-2)14(19-7-3)9-12(11)16/h8-10,15H,5-7H2,1-4H3. The van der Waals surface area contributed by atoms with Crippen molar-refractivity contribution < 1.29 is 9.47 Å². The van der Waals surface area contributed by atoms with Gasteiger partial charge in [-0.05, 0) is 31.4 Å². The smallest absolute Gasteiger partial charge is 0.162 e.